The third-order valence-electron chi connectivity index (χ3n) is 3.69. The van der Waals surface area contributed by atoms with Gasteiger partial charge in [0.15, 0.2) is 0 Å². The molecule has 0 radical (unpaired) electrons. The van der Waals surface area contributed by atoms with E-state index in [-0.39, 0.29) is 6.42 Å². The Labute approximate surface area is 120 Å². The number of methoxy groups -OCH3 is 1. The van der Waals surface area contributed by atoms with Crippen molar-refractivity contribution in [1.82, 2.24) is 0 Å². The average molecular weight is 304 g/mol. The summed E-state index contributed by atoms with van der Waals surface area (Å²) >= 11 is 0. The van der Waals surface area contributed by atoms with E-state index >= 15 is 0 Å². The Balaban J connectivity index is 2.39. The van der Waals surface area contributed by atoms with Crippen molar-refractivity contribution in [2.75, 3.05) is 7.11 Å². The molecule has 0 unspecified atom stereocenters. The Morgan fingerprint density at radius 3 is 2.29 bits per heavy atom. The van der Waals surface area contributed by atoms with E-state index in [0.29, 0.717) is 11.3 Å². The number of ether oxygens (including phenoxy) is 2. The van der Waals surface area contributed by atoms with Gasteiger partial charge in [0, 0.05) is 18.1 Å². The van der Waals surface area contributed by atoms with Gasteiger partial charge in [0.05, 0.1) is 13.4 Å². The fourth-order valence-corrected chi connectivity index (χ4v) is 2.56. The fraction of sp³-hybridized carbons (Fsp3) is 0.467. The first kappa shape index (κ1) is 15.7. The van der Waals surface area contributed by atoms with Gasteiger partial charge in [-0.25, -0.2) is 4.39 Å². The lowest BCUT2D eigenvalue weighted by atomic mass is 9.73. The zero-order valence-electron chi connectivity index (χ0n) is 11.9. The zero-order valence-corrected chi connectivity index (χ0v) is 11.9. The SMILES string of the molecule is COc1ccc(F)cc1C(C)(C)C[C@]1(C(F)(F)F)C=CO1. The first-order valence-electron chi connectivity index (χ1n) is 6.38. The van der Waals surface area contributed by atoms with Crippen LogP contribution in [0.5, 0.6) is 5.75 Å². The second-order valence-corrected chi connectivity index (χ2v) is 5.71. The van der Waals surface area contributed by atoms with E-state index in [2.05, 4.69) is 0 Å². The maximum absolute atomic E-state index is 13.5. The van der Waals surface area contributed by atoms with E-state index < -0.39 is 23.0 Å². The van der Waals surface area contributed by atoms with Crippen LogP contribution >= 0.6 is 0 Å². The Bertz CT molecular complexity index is 563. The third-order valence-corrected chi connectivity index (χ3v) is 3.69. The Hall–Kier alpha value is -1.72. The van der Waals surface area contributed by atoms with Crippen molar-refractivity contribution in [2.45, 2.75) is 37.5 Å². The summed E-state index contributed by atoms with van der Waals surface area (Å²) in [7, 11) is 1.39. The molecule has 0 spiro atoms. The first-order valence-corrected chi connectivity index (χ1v) is 6.38. The summed E-state index contributed by atoms with van der Waals surface area (Å²) in [4.78, 5) is 0. The molecule has 0 bridgehead atoms. The molecule has 2 rings (SSSR count). The van der Waals surface area contributed by atoms with E-state index in [9.17, 15) is 17.6 Å². The van der Waals surface area contributed by atoms with Gasteiger partial charge >= 0.3 is 6.18 Å². The van der Waals surface area contributed by atoms with Crippen molar-refractivity contribution < 1.29 is 27.0 Å². The summed E-state index contributed by atoms with van der Waals surface area (Å²) in [5.41, 5.74) is -2.95. The Morgan fingerprint density at radius 1 is 1.24 bits per heavy atom. The number of benzene rings is 1. The van der Waals surface area contributed by atoms with Crippen LogP contribution in [-0.2, 0) is 10.2 Å². The van der Waals surface area contributed by atoms with Crippen LogP contribution in [0.3, 0.4) is 0 Å². The second-order valence-electron chi connectivity index (χ2n) is 5.71. The topological polar surface area (TPSA) is 18.5 Å². The van der Waals surface area contributed by atoms with E-state index in [1.165, 1.54) is 25.3 Å². The van der Waals surface area contributed by atoms with Gasteiger partial charge in [-0.1, -0.05) is 13.8 Å². The van der Waals surface area contributed by atoms with Gasteiger partial charge in [0.25, 0.3) is 0 Å². The van der Waals surface area contributed by atoms with Gasteiger partial charge in [-0.2, -0.15) is 13.2 Å². The Morgan fingerprint density at radius 2 is 1.86 bits per heavy atom. The molecule has 1 heterocycles. The van der Waals surface area contributed by atoms with Crippen LogP contribution < -0.4 is 4.74 Å². The maximum Gasteiger partial charge on any atom is 0.432 e. The van der Waals surface area contributed by atoms with Gasteiger partial charge in [-0.3, -0.25) is 0 Å². The summed E-state index contributed by atoms with van der Waals surface area (Å²) in [5, 5.41) is 0. The molecule has 0 aliphatic carbocycles. The largest absolute Gasteiger partial charge is 0.496 e. The van der Waals surface area contributed by atoms with Crippen LogP contribution in [0.2, 0.25) is 0 Å². The third kappa shape index (κ3) is 2.71. The van der Waals surface area contributed by atoms with Crippen molar-refractivity contribution in [3.63, 3.8) is 0 Å². The Kier molecular flexibility index (Phi) is 3.68. The lowest BCUT2D eigenvalue weighted by Gasteiger charge is -2.42. The van der Waals surface area contributed by atoms with Crippen LogP contribution in [0.4, 0.5) is 17.6 Å². The van der Waals surface area contributed by atoms with Crippen molar-refractivity contribution >= 4 is 0 Å². The highest BCUT2D eigenvalue weighted by atomic mass is 19.4. The van der Waals surface area contributed by atoms with Gasteiger partial charge in [-0.15, -0.1) is 0 Å². The molecular weight excluding hydrogens is 288 g/mol. The normalized spacial score (nSPS) is 21.7. The highest BCUT2D eigenvalue weighted by molar-refractivity contribution is 5.40. The molecule has 1 aliphatic rings. The first-order chi connectivity index (χ1) is 9.61. The highest BCUT2D eigenvalue weighted by Crippen LogP contribution is 2.49. The van der Waals surface area contributed by atoms with Crippen LogP contribution in [0.1, 0.15) is 25.8 Å². The molecule has 1 aliphatic heterocycles. The maximum atomic E-state index is 13.5. The van der Waals surface area contributed by atoms with Gasteiger partial charge in [0.1, 0.15) is 11.6 Å². The number of alkyl halides is 3. The lowest BCUT2D eigenvalue weighted by molar-refractivity contribution is -0.262. The molecule has 6 heteroatoms. The summed E-state index contributed by atoms with van der Waals surface area (Å²) in [6.45, 7) is 3.21. The van der Waals surface area contributed by atoms with Crippen LogP contribution in [0.15, 0.2) is 30.5 Å². The summed E-state index contributed by atoms with van der Waals surface area (Å²) in [5.74, 6) is -0.174. The molecule has 2 nitrogen and oxygen atoms in total. The van der Waals surface area contributed by atoms with Crippen molar-refractivity contribution in [3.05, 3.63) is 41.9 Å². The zero-order chi connectivity index (χ0) is 15.9. The predicted molar refractivity (Wildman–Crippen MR) is 69.6 cm³/mol. The minimum Gasteiger partial charge on any atom is -0.496 e. The predicted octanol–water partition coefficient (Wildman–Crippen LogP) is 4.35. The molecule has 1 aromatic rings. The minimum atomic E-state index is -4.53. The van der Waals surface area contributed by atoms with Crippen LogP contribution in [0.25, 0.3) is 0 Å². The molecule has 0 saturated heterocycles. The van der Waals surface area contributed by atoms with Crippen molar-refractivity contribution in [3.8, 4) is 5.75 Å². The van der Waals surface area contributed by atoms with Gasteiger partial charge in [0.2, 0.25) is 5.60 Å². The van der Waals surface area contributed by atoms with E-state index in [1.807, 2.05) is 0 Å². The molecule has 1 atom stereocenters. The standard InChI is InChI=1S/C15H16F4O2/c1-13(2,9-14(6-7-21-14)15(17,18)19)11-8-10(16)4-5-12(11)20-3/h4-8H,9H2,1-3H3/t14-/m0/s1. The smallest absolute Gasteiger partial charge is 0.432 e. The van der Waals surface area contributed by atoms with E-state index in [0.717, 1.165) is 12.3 Å². The molecular formula is C15H16F4O2. The lowest BCUT2D eigenvalue weighted by Crippen LogP contribution is -2.52. The van der Waals surface area contributed by atoms with Crippen molar-refractivity contribution in [2.24, 2.45) is 0 Å². The molecule has 0 saturated carbocycles. The molecule has 0 fully saturated rings. The number of hydrogen-bond donors (Lipinski definition) is 0. The highest BCUT2D eigenvalue weighted by Gasteiger charge is 2.60. The van der Waals surface area contributed by atoms with Crippen molar-refractivity contribution in [1.29, 1.82) is 0 Å². The van der Waals surface area contributed by atoms with Crippen LogP contribution in [0, 0.1) is 5.82 Å². The second kappa shape index (κ2) is 4.93. The number of hydrogen-bond acceptors (Lipinski definition) is 2. The molecule has 21 heavy (non-hydrogen) atoms. The molecule has 116 valence electrons. The number of halogens is 4. The summed E-state index contributed by atoms with van der Waals surface area (Å²) in [6.07, 6.45) is -2.88. The van der Waals surface area contributed by atoms with E-state index in [1.54, 1.807) is 13.8 Å². The number of rotatable bonds is 4. The average Bonchev–Trinajstić information content (AvgIpc) is 2.32. The molecule has 1 aromatic carbocycles. The minimum absolute atomic E-state index is 0.349. The molecule has 0 amide bonds. The molecule has 0 aromatic heterocycles. The fourth-order valence-electron chi connectivity index (χ4n) is 2.56. The van der Waals surface area contributed by atoms with Gasteiger partial charge < -0.3 is 9.47 Å². The quantitative estimate of drug-likeness (QED) is 0.770. The van der Waals surface area contributed by atoms with E-state index in [4.69, 9.17) is 9.47 Å². The molecule has 0 N–H and O–H groups in total. The summed E-state index contributed by atoms with van der Waals surface area (Å²) < 4.78 is 62.8. The monoisotopic (exact) mass is 304 g/mol. The van der Waals surface area contributed by atoms with Gasteiger partial charge in [-0.05, 0) is 23.6 Å². The van der Waals surface area contributed by atoms with Crippen LogP contribution in [-0.4, -0.2) is 18.9 Å². The summed E-state index contributed by atoms with van der Waals surface area (Å²) in [6, 6.07) is 3.81.